The van der Waals surface area contributed by atoms with Crippen LogP contribution in [-0.4, -0.2) is 60.3 Å². The van der Waals surface area contributed by atoms with E-state index in [1.807, 2.05) is 0 Å². The van der Waals surface area contributed by atoms with Crippen molar-refractivity contribution >= 4 is 31.9 Å². The fourth-order valence-corrected chi connectivity index (χ4v) is 4.19. The molecule has 0 saturated heterocycles. The van der Waals surface area contributed by atoms with E-state index in [4.69, 9.17) is 15.3 Å². The molecule has 0 bridgehead atoms. The number of carbonyl (C=O) groups is 1. The maximum atomic E-state index is 12.5. The number of aliphatic hydroxyl groups excluding tert-OH is 2. The van der Waals surface area contributed by atoms with Gasteiger partial charge in [-0.1, -0.05) is 0 Å². The normalized spacial score (nSPS) is 11.9. The SMILES string of the molecule is Cc1cc(C(=O)O)cc(S(=O)(=O)N(CCO)CCO)c1Br. The van der Waals surface area contributed by atoms with E-state index in [1.165, 1.54) is 6.07 Å². The van der Waals surface area contributed by atoms with Crippen molar-refractivity contribution in [1.82, 2.24) is 4.31 Å². The third-order valence-corrected chi connectivity index (χ3v) is 6.02. The average Bonchev–Trinajstić information content (AvgIpc) is 2.40. The molecule has 0 radical (unpaired) electrons. The molecule has 7 nitrogen and oxygen atoms in total. The van der Waals surface area contributed by atoms with Gasteiger partial charge in [0.15, 0.2) is 0 Å². The predicted octanol–water partition coefficient (Wildman–Crippen LogP) is 0.431. The van der Waals surface area contributed by atoms with Crippen LogP contribution in [0.25, 0.3) is 0 Å². The number of sulfonamides is 1. The summed E-state index contributed by atoms with van der Waals surface area (Å²) in [7, 11) is -4.03. The van der Waals surface area contributed by atoms with Gasteiger partial charge in [-0.3, -0.25) is 0 Å². The van der Waals surface area contributed by atoms with E-state index >= 15 is 0 Å². The van der Waals surface area contributed by atoms with Gasteiger partial charge in [-0.25, -0.2) is 13.2 Å². The van der Waals surface area contributed by atoms with Crippen LogP contribution < -0.4 is 0 Å². The number of aromatic carboxylic acids is 1. The highest BCUT2D eigenvalue weighted by Crippen LogP contribution is 2.29. The standard InChI is InChI=1S/C12H16BrNO6S/c1-8-6-9(12(17)18)7-10(11(8)13)21(19,20)14(2-4-15)3-5-16/h6-7,15-16H,2-5H2,1H3,(H,17,18). The first kappa shape index (κ1) is 18.1. The lowest BCUT2D eigenvalue weighted by Crippen LogP contribution is -2.36. The number of carboxylic acid groups (broad SMARTS) is 1. The third-order valence-electron chi connectivity index (χ3n) is 2.78. The number of halogens is 1. The van der Waals surface area contributed by atoms with Crippen molar-refractivity contribution in [1.29, 1.82) is 0 Å². The molecule has 0 unspecified atom stereocenters. The number of nitrogens with zero attached hydrogens (tertiary/aromatic N) is 1. The number of hydrogen-bond donors (Lipinski definition) is 3. The molecule has 1 rings (SSSR count). The monoisotopic (exact) mass is 381 g/mol. The van der Waals surface area contributed by atoms with Gasteiger partial charge in [0.25, 0.3) is 0 Å². The Morgan fingerprint density at radius 2 is 1.76 bits per heavy atom. The topological polar surface area (TPSA) is 115 Å². The molecule has 3 N–H and O–H groups in total. The van der Waals surface area contributed by atoms with Gasteiger partial charge in [0.05, 0.1) is 23.7 Å². The van der Waals surface area contributed by atoms with E-state index in [0.29, 0.717) is 5.56 Å². The van der Waals surface area contributed by atoms with Crippen LogP contribution in [-0.2, 0) is 10.0 Å². The molecule has 21 heavy (non-hydrogen) atoms. The summed E-state index contributed by atoms with van der Waals surface area (Å²) >= 11 is 3.15. The molecule has 118 valence electrons. The van der Waals surface area contributed by atoms with Crippen molar-refractivity contribution in [2.75, 3.05) is 26.3 Å². The molecule has 0 heterocycles. The Morgan fingerprint density at radius 1 is 1.24 bits per heavy atom. The highest BCUT2D eigenvalue weighted by Gasteiger charge is 2.27. The van der Waals surface area contributed by atoms with Crippen LogP contribution in [0, 0.1) is 6.92 Å². The van der Waals surface area contributed by atoms with Crippen molar-refractivity contribution < 1.29 is 28.5 Å². The number of hydrogen-bond acceptors (Lipinski definition) is 5. The van der Waals surface area contributed by atoms with E-state index in [0.717, 1.165) is 10.4 Å². The molecular weight excluding hydrogens is 366 g/mol. The predicted molar refractivity (Wildman–Crippen MR) is 78.8 cm³/mol. The van der Waals surface area contributed by atoms with Crippen LogP contribution in [0.4, 0.5) is 0 Å². The van der Waals surface area contributed by atoms with E-state index in [1.54, 1.807) is 6.92 Å². The summed E-state index contributed by atoms with van der Waals surface area (Å²) in [5, 5.41) is 26.9. The second-order valence-electron chi connectivity index (χ2n) is 4.26. The summed E-state index contributed by atoms with van der Waals surface area (Å²) in [6.07, 6.45) is 0. The lowest BCUT2D eigenvalue weighted by molar-refractivity contribution is 0.0696. The molecule has 0 spiro atoms. The summed E-state index contributed by atoms with van der Waals surface area (Å²) in [4.78, 5) is 10.9. The first-order valence-corrected chi connectivity index (χ1v) is 8.24. The summed E-state index contributed by atoms with van der Waals surface area (Å²) in [6, 6.07) is 2.41. The first-order valence-electron chi connectivity index (χ1n) is 6.01. The Balaban J connectivity index is 3.45. The van der Waals surface area contributed by atoms with Gasteiger partial charge in [0, 0.05) is 17.6 Å². The minimum absolute atomic E-state index is 0.151. The molecule has 0 saturated carbocycles. The first-order chi connectivity index (χ1) is 9.75. The maximum Gasteiger partial charge on any atom is 0.335 e. The Hall–Kier alpha value is -1.00. The van der Waals surface area contributed by atoms with Gasteiger partial charge in [0.2, 0.25) is 10.0 Å². The van der Waals surface area contributed by atoms with Crippen LogP contribution in [0.5, 0.6) is 0 Å². The van der Waals surface area contributed by atoms with Crippen LogP contribution in [0.1, 0.15) is 15.9 Å². The van der Waals surface area contributed by atoms with Crippen molar-refractivity contribution in [3.8, 4) is 0 Å². The van der Waals surface area contributed by atoms with Gasteiger partial charge in [-0.05, 0) is 40.5 Å². The zero-order valence-electron chi connectivity index (χ0n) is 11.3. The second-order valence-corrected chi connectivity index (χ2v) is 6.96. The van der Waals surface area contributed by atoms with Crippen LogP contribution in [0.3, 0.4) is 0 Å². The lowest BCUT2D eigenvalue weighted by Gasteiger charge is -2.21. The smallest absolute Gasteiger partial charge is 0.335 e. The molecule has 1 aromatic carbocycles. The summed E-state index contributed by atoms with van der Waals surface area (Å²) in [5.41, 5.74) is 0.309. The molecule has 0 aliphatic rings. The van der Waals surface area contributed by atoms with Crippen LogP contribution in [0.2, 0.25) is 0 Å². The average molecular weight is 382 g/mol. The highest BCUT2D eigenvalue weighted by atomic mass is 79.9. The van der Waals surface area contributed by atoms with Gasteiger partial charge in [-0.15, -0.1) is 0 Å². The molecule has 0 fully saturated rings. The van der Waals surface area contributed by atoms with E-state index in [9.17, 15) is 13.2 Å². The number of aryl methyl sites for hydroxylation is 1. The lowest BCUT2D eigenvalue weighted by atomic mass is 10.1. The van der Waals surface area contributed by atoms with E-state index in [2.05, 4.69) is 15.9 Å². The maximum absolute atomic E-state index is 12.5. The summed E-state index contributed by atoms with van der Waals surface area (Å²) in [6.45, 7) is 0.387. The van der Waals surface area contributed by atoms with Crippen molar-refractivity contribution in [2.45, 2.75) is 11.8 Å². The molecule has 0 aliphatic heterocycles. The third kappa shape index (κ3) is 4.01. The van der Waals surface area contributed by atoms with Gasteiger partial charge < -0.3 is 15.3 Å². The molecule has 0 aliphatic carbocycles. The van der Waals surface area contributed by atoms with Crippen LogP contribution >= 0.6 is 15.9 Å². The Bertz CT molecular complexity index is 625. The molecular formula is C12H16BrNO6S. The fourth-order valence-electron chi connectivity index (χ4n) is 1.76. The molecule has 9 heteroatoms. The molecule has 1 aromatic rings. The quantitative estimate of drug-likeness (QED) is 0.630. The van der Waals surface area contributed by atoms with E-state index < -0.39 is 29.2 Å². The van der Waals surface area contributed by atoms with Gasteiger partial charge in [-0.2, -0.15) is 4.31 Å². The largest absolute Gasteiger partial charge is 0.478 e. The minimum atomic E-state index is -4.03. The summed E-state index contributed by atoms with van der Waals surface area (Å²) in [5.74, 6) is -1.24. The Labute approximate surface area is 131 Å². The highest BCUT2D eigenvalue weighted by molar-refractivity contribution is 9.10. The van der Waals surface area contributed by atoms with Crippen LogP contribution in [0.15, 0.2) is 21.5 Å². The number of carboxylic acids is 1. The second kappa shape index (κ2) is 7.32. The van der Waals surface area contributed by atoms with Gasteiger partial charge in [0.1, 0.15) is 0 Å². The van der Waals surface area contributed by atoms with Crippen molar-refractivity contribution in [3.63, 3.8) is 0 Å². The fraction of sp³-hybridized carbons (Fsp3) is 0.417. The number of aliphatic hydroxyl groups is 2. The van der Waals surface area contributed by atoms with Crippen molar-refractivity contribution in [2.24, 2.45) is 0 Å². The Morgan fingerprint density at radius 3 is 2.19 bits per heavy atom. The molecule has 0 aromatic heterocycles. The van der Waals surface area contributed by atoms with Gasteiger partial charge >= 0.3 is 5.97 Å². The minimum Gasteiger partial charge on any atom is -0.478 e. The number of benzene rings is 1. The summed E-state index contributed by atoms with van der Waals surface area (Å²) < 4.78 is 26.2. The van der Waals surface area contributed by atoms with E-state index in [-0.39, 0.29) is 28.0 Å². The molecule has 0 atom stereocenters. The Kier molecular flexibility index (Phi) is 6.29. The van der Waals surface area contributed by atoms with Crippen molar-refractivity contribution in [3.05, 3.63) is 27.7 Å². The zero-order chi connectivity index (χ0) is 16.2. The zero-order valence-corrected chi connectivity index (χ0v) is 13.7. The number of rotatable bonds is 7. The molecule has 0 amide bonds.